The summed E-state index contributed by atoms with van der Waals surface area (Å²) in [5, 5.41) is 3.81. The molecule has 0 bridgehead atoms. The summed E-state index contributed by atoms with van der Waals surface area (Å²) in [7, 11) is 0. The van der Waals surface area contributed by atoms with Crippen LogP contribution in [0.3, 0.4) is 0 Å². The van der Waals surface area contributed by atoms with Crippen LogP contribution in [0.5, 0.6) is 0 Å². The van der Waals surface area contributed by atoms with Gasteiger partial charge in [0.25, 0.3) is 0 Å². The SMILES string of the molecule is CC(=O)NCCC=Cc1ccc(Cl)c(Cl)c1. The zero-order chi connectivity index (χ0) is 12.0. The van der Waals surface area contributed by atoms with Crippen molar-refractivity contribution in [2.45, 2.75) is 13.3 Å². The molecule has 0 aromatic heterocycles. The van der Waals surface area contributed by atoms with E-state index in [1.54, 1.807) is 12.1 Å². The number of carbonyl (C=O) groups is 1. The molecule has 2 nitrogen and oxygen atoms in total. The molecule has 0 aliphatic rings. The minimum Gasteiger partial charge on any atom is -0.356 e. The third-order valence-electron chi connectivity index (χ3n) is 1.94. The van der Waals surface area contributed by atoms with Gasteiger partial charge in [-0.25, -0.2) is 0 Å². The normalized spacial score (nSPS) is 10.7. The van der Waals surface area contributed by atoms with Crippen molar-refractivity contribution in [3.63, 3.8) is 0 Å². The van der Waals surface area contributed by atoms with Crippen molar-refractivity contribution in [2.75, 3.05) is 6.54 Å². The van der Waals surface area contributed by atoms with Crippen molar-refractivity contribution in [1.82, 2.24) is 5.32 Å². The number of nitrogens with one attached hydrogen (secondary N) is 1. The van der Waals surface area contributed by atoms with Gasteiger partial charge in [0.2, 0.25) is 5.91 Å². The van der Waals surface area contributed by atoms with Crippen LogP contribution in [0.1, 0.15) is 18.9 Å². The van der Waals surface area contributed by atoms with E-state index < -0.39 is 0 Å². The summed E-state index contributed by atoms with van der Waals surface area (Å²) in [5.74, 6) is -0.0112. The first-order valence-electron chi connectivity index (χ1n) is 4.95. The molecular weight excluding hydrogens is 245 g/mol. The summed E-state index contributed by atoms with van der Waals surface area (Å²) in [6.45, 7) is 2.15. The number of hydrogen-bond acceptors (Lipinski definition) is 1. The molecule has 0 aliphatic heterocycles. The molecule has 0 spiro atoms. The van der Waals surface area contributed by atoms with E-state index in [9.17, 15) is 4.79 Å². The lowest BCUT2D eigenvalue weighted by Crippen LogP contribution is -2.20. The fraction of sp³-hybridized carbons (Fsp3) is 0.250. The molecule has 1 N–H and O–H groups in total. The Morgan fingerprint density at radius 1 is 1.38 bits per heavy atom. The monoisotopic (exact) mass is 257 g/mol. The van der Waals surface area contributed by atoms with Crippen molar-refractivity contribution in [3.8, 4) is 0 Å². The molecule has 0 atom stereocenters. The zero-order valence-electron chi connectivity index (χ0n) is 8.97. The van der Waals surface area contributed by atoms with Gasteiger partial charge in [-0.15, -0.1) is 0 Å². The fourth-order valence-electron chi connectivity index (χ4n) is 1.17. The zero-order valence-corrected chi connectivity index (χ0v) is 10.5. The topological polar surface area (TPSA) is 29.1 Å². The summed E-state index contributed by atoms with van der Waals surface area (Å²) in [6, 6.07) is 5.46. The van der Waals surface area contributed by atoms with Crippen LogP contribution in [0.2, 0.25) is 10.0 Å². The van der Waals surface area contributed by atoms with Crippen LogP contribution >= 0.6 is 23.2 Å². The van der Waals surface area contributed by atoms with E-state index in [0.717, 1.165) is 12.0 Å². The Morgan fingerprint density at radius 2 is 2.12 bits per heavy atom. The molecule has 0 aliphatic carbocycles. The predicted octanol–water partition coefficient (Wildman–Crippen LogP) is 3.53. The Morgan fingerprint density at radius 3 is 2.75 bits per heavy atom. The third kappa shape index (κ3) is 4.69. The molecule has 0 fully saturated rings. The Hall–Kier alpha value is -0.990. The van der Waals surface area contributed by atoms with E-state index in [4.69, 9.17) is 23.2 Å². The molecule has 0 heterocycles. The van der Waals surface area contributed by atoms with Gasteiger partial charge in [-0.05, 0) is 24.1 Å². The van der Waals surface area contributed by atoms with Crippen molar-refractivity contribution in [2.24, 2.45) is 0 Å². The molecule has 1 amide bonds. The molecule has 0 saturated carbocycles. The summed E-state index contributed by atoms with van der Waals surface area (Å²) in [5.41, 5.74) is 0.997. The Labute approximate surface area is 105 Å². The molecule has 86 valence electrons. The average molecular weight is 258 g/mol. The molecule has 0 radical (unpaired) electrons. The Bertz CT molecular complexity index is 402. The molecule has 4 heteroatoms. The van der Waals surface area contributed by atoms with E-state index >= 15 is 0 Å². The maximum absolute atomic E-state index is 10.6. The minimum absolute atomic E-state index is 0.0112. The van der Waals surface area contributed by atoms with Crippen molar-refractivity contribution >= 4 is 35.2 Å². The molecule has 1 aromatic carbocycles. The number of carbonyl (C=O) groups excluding carboxylic acids is 1. The second kappa shape index (κ2) is 6.56. The largest absolute Gasteiger partial charge is 0.356 e. The number of rotatable bonds is 4. The van der Waals surface area contributed by atoms with Gasteiger partial charge in [0.05, 0.1) is 10.0 Å². The van der Waals surface area contributed by atoms with Gasteiger partial charge >= 0.3 is 0 Å². The molecule has 1 rings (SSSR count). The Balaban J connectivity index is 2.44. The first-order valence-corrected chi connectivity index (χ1v) is 5.71. The van der Waals surface area contributed by atoms with E-state index in [2.05, 4.69) is 5.32 Å². The van der Waals surface area contributed by atoms with Crippen LogP contribution in [-0.2, 0) is 4.79 Å². The van der Waals surface area contributed by atoms with Crippen LogP contribution in [0, 0.1) is 0 Å². The second-order valence-electron chi connectivity index (χ2n) is 3.35. The molecule has 1 aromatic rings. The van der Waals surface area contributed by atoms with E-state index in [0.29, 0.717) is 16.6 Å². The van der Waals surface area contributed by atoms with Gasteiger partial charge < -0.3 is 5.32 Å². The van der Waals surface area contributed by atoms with Crippen molar-refractivity contribution in [3.05, 3.63) is 39.9 Å². The highest BCUT2D eigenvalue weighted by Gasteiger charge is 1.96. The lowest BCUT2D eigenvalue weighted by Gasteiger charge is -1.98. The van der Waals surface area contributed by atoms with Crippen LogP contribution in [0.25, 0.3) is 6.08 Å². The van der Waals surface area contributed by atoms with Crippen LogP contribution in [0.4, 0.5) is 0 Å². The van der Waals surface area contributed by atoms with Gasteiger partial charge in [-0.1, -0.05) is 41.4 Å². The van der Waals surface area contributed by atoms with Gasteiger partial charge in [0.15, 0.2) is 0 Å². The van der Waals surface area contributed by atoms with Crippen LogP contribution < -0.4 is 5.32 Å². The van der Waals surface area contributed by atoms with E-state index in [1.807, 2.05) is 18.2 Å². The van der Waals surface area contributed by atoms with Crippen molar-refractivity contribution < 1.29 is 4.79 Å². The van der Waals surface area contributed by atoms with Gasteiger partial charge in [-0.2, -0.15) is 0 Å². The minimum atomic E-state index is -0.0112. The average Bonchev–Trinajstić information content (AvgIpc) is 2.22. The number of halogens is 2. The standard InChI is InChI=1S/C12H13Cl2NO/c1-9(16)15-7-3-2-4-10-5-6-11(13)12(14)8-10/h2,4-6,8H,3,7H2,1H3,(H,15,16). The first kappa shape index (κ1) is 13.1. The third-order valence-corrected chi connectivity index (χ3v) is 2.68. The quantitative estimate of drug-likeness (QED) is 0.822. The molecule has 0 saturated heterocycles. The number of benzene rings is 1. The van der Waals surface area contributed by atoms with Gasteiger partial charge in [-0.3, -0.25) is 4.79 Å². The Kier molecular flexibility index (Phi) is 5.36. The summed E-state index contributed by atoms with van der Waals surface area (Å²) in [4.78, 5) is 10.6. The summed E-state index contributed by atoms with van der Waals surface area (Å²) < 4.78 is 0. The maximum Gasteiger partial charge on any atom is 0.216 e. The smallest absolute Gasteiger partial charge is 0.216 e. The van der Waals surface area contributed by atoms with E-state index in [-0.39, 0.29) is 5.91 Å². The fourth-order valence-corrected chi connectivity index (χ4v) is 1.47. The molecular formula is C12H13Cl2NO. The lowest BCUT2D eigenvalue weighted by molar-refractivity contribution is -0.118. The maximum atomic E-state index is 10.6. The highest BCUT2D eigenvalue weighted by atomic mass is 35.5. The molecule has 0 unspecified atom stereocenters. The van der Waals surface area contributed by atoms with Gasteiger partial charge in [0, 0.05) is 13.5 Å². The summed E-state index contributed by atoms with van der Waals surface area (Å²) >= 11 is 11.7. The van der Waals surface area contributed by atoms with Crippen molar-refractivity contribution in [1.29, 1.82) is 0 Å². The van der Waals surface area contributed by atoms with E-state index in [1.165, 1.54) is 6.92 Å². The highest BCUT2D eigenvalue weighted by Crippen LogP contribution is 2.23. The first-order chi connectivity index (χ1) is 7.59. The second-order valence-corrected chi connectivity index (χ2v) is 4.16. The van der Waals surface area contributed by atoms with Gasteiger partial charge in [0.1, 0.15) is 0 Å². The summed E-state index contributed by atoms with van der Waals surface area (Å²) in [6.07, 6.45) is 4.72. The highest BCUT2D eigenvalue weighted by molar-refractivity contribution is 6.42. The van der Waals surface area contributed by atoms with Crippen LogP contribution in [0.15, 0.2) is 24.3 Å². The number of amides is 1. The molecule has 16 heavy (non-hydrogen) atoms. The number of hydrogen-bond donors (Lipinski definition) is 1. The lowest BCUT2D eigenvalue weighted by atomic mass is 10.2. The van der Waals surface area contributed by atoms with Crippen LogP contribution in [-0.4, -0.2) is 12.5 Å². The predicted molar refractivity (Wildman–Crippen MR) is 68.8 cm³/mol.